The molecule has 0 atom stereocenters. The largest absolute Gasteiger partial charge is 0.309 e. The Kier molecular flexibility index (Phi) is 4.98. The van der Waals surface area contributed by atoms with Gasteiger partial charge in [-0.3, -0.25) is 4.90 Å². The number of rotatable bonds is 4. The molecule has 0 amide bonds. The van der Waals surface area contributed by atoms with Gasteiger partial charge in [0.15, 0.2) is 0 Å². The molecule has 0 bridgehead atoms. The van der Waals surface area contributed by atoms with Crippen molar-refractivity contribution in [1.82, 2.24) is 10.2 Å². The van der Waals surface area contributed by atoms with Gasteiger partial charge in [-0.2, -0.15) is 0 Å². The molecule has 1 aromatic rings. The fourth-order valence-electron chi connectivity index (χ4n) is 2.79. The van der Waals surface area contributed by atoms with Crippen LogP contribution in [-0.4, -0.2) is 30.1 Å². The Labute approximate surface area is 123 Å². The van der Waals surface area contributed by atoms with E-state index in [-0.39, 0.29) is 11.4 Å². The van der Waals surface area contributed by atoms with Crippen molar-refractivity contribution in [2.45, 2.75) is 38.8 Å². The molecular formula is C15H22BrFN2. The number of nitrogens with one attached hydrogen (secondary N) is 1. The van der Waals surface area contributed by atoms with E-state index in [1.54, 1.807) is 6.07 Å². The van der Waals surface area contributed by atoms with Crippen LogP contribution in [0.2, 0.25) is 0 Å². The lowest BCUT2D eigenvalue weighted by atomic mass is 9.90. The Morgan fingerprint density at radius 1 is 1.37 bits per heavy atom. The van der Waals surface area contributed by atoms with Crippen LogP contribution in [0.25, 0.3) is 0 Å². The first-order valence-electron chi connectivity index (χ1n) is 7.00. The summed E-state index contributed by atoms with van der Waals surface area (Å²) in [6.45, 7) is 8.11. The molecule has 0 aromatic heterocycles. The van der Waals surface area contributed by atoms with Gasteiger partial charge in [-0.15, -0.1) is 0 Å². The van der Waals surface area contributed by atoms with Gasteiger partial charge < -0.3 is 5.32 Å². The first kappa shape index (κ1) is 14.9. The summed E-state index contributed by atoms with van der Waals surface area (Å²) in [6, 6.07) is 5.33. The molecule has 1 aliphatic heterocycles. The summed E-state index contributed by atoms with van der Waals surface area (Å²) < 4.78 is 14.7. The number of hydrogen-bond acceptors (Lipinski definition) is 2. The SMILES string of the molecule is CCC1(CC)CN(Cc2ccc(Br)cc2F)CCN1. The van der Waals surface area contributed by atoms with E-state index < -0.39 is 0 Å². The standard InChI is InChI=1S/C15H22BrFN2/c1-3-15(4-2)11-19(8-7-18-15)10-12-5-6-13(16)9-14(12)17/h5-6,9,18H,3-4,7-8,10-11H2,1-2H3. The molecule has 0 saturated carbocycles. The molecule has 2 nitrogen and oxygen atoms in total. The lowest BCUT2D eigenvalue weighted by molar-refractivity contribution is 0.117. The van der Waals surface area contributed by atoms with Crippen LogP contribution in [0.4, 0.5) is 4.39 Å². The maximum absolute atomic E-state index is 13.9. The minimum atomic E-state index is -0.119. The van der Waals surface area contributed by atoms with Crippen molar-refractivity contribution in [3.63, 3.8) is 0 Å². The Hall–Kier alpha value is -0.450. The van der Waals surface area contributed by atoms with Gasteiger partial charge in [-0.25, -0.2) is 4.39 Å². The molecule has 1 aliphatic rings. The lowest BCUT2D eigenvalue weighted by Gasteiger charge is -2.43. The van der Waals surface area contributed by atoms with Gasteiger partial charge >= 0.3 is 0 Å². The molecule has 4 heteroatoms. The minimum absolute atomic E-state index is 0.119. The minimum Gasteiger partial charge on any atom is -0.309 e. The molecule has 106 valence electrons. The van der Waals surface area contributed by atoms with E-state index in [4.69, 9.17) is 0 Å². The summed E-state index contributed by atoms with van der Waals surface area (Å²) in [5, 5.41) is 3.63. The van der Waals surface area contributed by atoms with Crippen LogP contribution in [0, 0.1) is 5.82 Å². The highest BCUT2D eigenvalue weighted by Crippen LogP contribution is 2.23. The molecule has 1 fully saturated rings. The van der Waals surface area contributed by atoms with E-state index in [1.807, 2.05) is 12.1 Å². The number of piperazine rings is 1. The lowest BCUT2D eigenvalue weighted by Crippen LogP contribution is -2.59. The highest BCUT2D eigenvalue weighted by molar-refractivity contribution is 9.10. The molecule has 0 radical (unpaired) electrons. The van der Waals surface area contributed by atoms with Gasteiger partial charge in [0.1, 0.15) is 5.82 Å². The van der Waals surface area contributed by atoms with E-state index in [9.17, 15) is 4.39 Å². The number of halogens is 2. The Balaban J connectivity index is 2.06. The van der Waals surface area contributed by atoms with Crippen LogP contribution in [0.5, 0.6) is 0 Å². The first-order chi connectivity index (χ1) is 9.08. The van der Waals surface area contributed by atoms with Crippen molar-refractivity contribution >= 4 is 15.9 Å². The average molecular weight is 329 g/mol. The maximum atomic E-state index is 13.9. The molecule has 0 aliphatic carbocycles. The second kappa shape index (κ2) is 6.33. The smallest absolute Gasteiger partial charge is 0.128 e. The Bertz CT molecular complexity index is 432. The van der Waals surface area contributed by atoms with Gasteiger partial charge in [0.25, 0.3) is 0 Å². The van der Waals surface area contributed by atoms with Crippen molar-refractivity contribution < 1.29 is 4.39 Å². The summed E-state index contributed by atoms with van der Waals surface area (Å²) in [4.78, 5) is 2.36. The number of nitrogens with zero attached hydrogens (tertiary/aromatic N) is 1. The topological polar surface area (TPSA) is 15.3 Å². The summed E-state index contributed by atoms with van der Waals surface area (Å²) in [6.07, 6.45) is 2.23. The zero-order valence-corrected chi connectivity index (χ0v) is 13.3. The molecule has 0 unspecified atom stereocenters. The van der Waals surface area contributed by atoms with Crippen molar-refractivity contribution in [2.24, 2.45) is 0 Å². The second-order valence-electron chi connectivity index (χ2n) is 5.36. The van der Waals surface area contributed by atoms with Gasteiger partial charge in [0.2, 0.25) is 0 Å². The van der Waals surface area contributed by atoms with Gasteiger partial charge in [-0.1, -0.05) is 35.8 Å². The highest BCUT2D eigenvalue weighted by Gasteiger charge is 2.31. The zero-order chi connectivity index (χ0) is 13.9. The van der Waals surface area contributed by atoms with Crippen LogP contribution in [0.1, 0.15) is 32.3 Å². The predicted molar refractivity (Wildman–Crippen MR) is 80.7 cm³/mol. The van der Waals surface area contributed by atoms with Crippen LogP contribution in [0.15, 0.2) is 22.7 Å². The van der Waals surface area contributed by atoms with Crippen molar-refractivity contribution in [3.8, 4) is 0 Å². The Morgan fingerprint density at radius 3 is 2.74 bits per heavy atom. The predicted octanol–water partition coefficient (Wildman–Crippen LogP) is 3.55. The molecule has 0 spiro atoms. The van der Waals surface area contributed by atoms with Gasteiger partial charge in [0, 0.05) is 41.8 Å². The monoisotopic (exact) mass is 328 g/mol. The molecule has 1 aromatic carbocycles. The number of hydrogen-bond donors (Lipinski definition) is 1. The maximum Gasteiger partial charge on any atom is 0.128 e. The Morgan fingerprint density at radius 2 is 2.11 bits per heavy atom. The number of benzene rings is 1. The summed E-state index contributed by atoms with van der Waals surface area (Å²) in [7, 11) is 0. The first-order valence-corrected chi connectivity index (χ1v) is 7.79. The molecular weight excluding hydrogens is 307 g/mol. The van der Waals surface area contributed by atoms with Crippen LogP contribution in [-0.2, 0) is 6.54 Å². The average Bonchev–Trinajstić information content (AvgIpc) is 2.42. The van der Waals surface area contributed by atoms with Gasteiger partial charge in [-0.05, 0) is 25.0 Å². The molecule has 1 saturated heterocycles. The van der Waals surface area contributed by atoms with Crippen LogP contribution < -0.4 is 5.32 Å². The summed E-state index contributed by atoms with van der Waals surface area (Å²) >= 11 is 3.30. The summed E-state index contributed by atoms with van der Waals surface area (Å²) in [5.41, 5.74) is 0.982. The quantitative estimate of drug-likeness (QED) is 0.909. The fraction of sp³-hybridized carbons (Fsp3) is 0.600. The van der Waals surface area contributed by atoms with E-state index in [0.29, 0.717) is 6.54 Å². The van der Waals surface area contributed by atoms with E-state index >= 15 is 0 Å². The van der Waals surface area contributed by atoms with Crippen molar-refractivity contribution in [3.05, 3.63) is 34.1 Å². The third-order valence-electron chi connectivity index (χ3n) is 4.22. The molecule has 19 heavy (non-hydrogen) atoms. The van der Waals surface area contributed by atoms with Crippen LogP contribution in [0.3, 0.4) is 0 Å². The van der Waals surface area contributed by atoms with E-state index in [0.717, 1.165) is 42.5 Å². The summed E-state index contributed by atoms with van der Waals surface area (Å²) in [5.74, 6) is -0.119. The second-order valence-corrected chi connectivity index (χ2v) is 6.28. The third-order valence-corrected chi connectivity index (χ3v) is 4.71. The van der Waals surface area contributed by atoms with Gasteiger partial charge in [0.05, 0.1) is 0 Å². The van der Waals surface area contributed by atoms with Crippen molar-refractivity contribution in [2.75, 3.05) is 19.6 Å². The molecule has 1 N–H and O–H groups in total. The highest BCUT2D eigenvalue weighted by atomic mass is 79.9. The zero-order valence-electron chi connectivity index (χ0n) is 11.7. The third kappa shape index (κ3) is 3.56. The van der Waals surface area contributed by atoms with Crippen LogP contribution >= 0.6 is 15.9 Å². The fourth-order valence-corrected chi connectivity index (χ4v) is 3.12. The molecule has 1 heterocycles. The normalized spacial score (nSPS) is 19.6. The molecule has 2 rings (SSSR count). The van der Waals surface area contributed by atoms with E-state index in [1.165, 1.54) is 0 Å². The van der Waals surface area contributed by atoms with Crippen molar-refractivity contribution in [1.29, 1.82) is 0 Å². The van der Waals surface area contributed by atoms with E-state index in [2.05, 4.69) is 40.0 Å².